The molecule has 6 atom stereocenters. The number of rotatable bonds is 9. The normalized spacial score (nSPS) is 26.6. The minimum Gasteiger partial charge on any atom is -0.487 e. The topological polar surface area (TPSA) is 106 Å². The zero-order chi connectivity index (χ0) is 27.4. The third-order valence-electron chi connectivity index (χ3n) is 8.35. The Morgan fingerprint density at radius 3 is 2.37 bits per heavy atom. The van der Waals surface area contributed by atoms with E-state index in [1.165, 1.54) is 18.6 Å². The van der Waals surface area contributed by atoms with E-state index < -0.39 is 18.4 Å². The Labute approximate surface area is 225 Å². The number of likely N-dealkylation sites (tertiary alicyclic amines) is 2. The number of benzene rings is 1. The van der Waals surface area contributed by atoms with Crippen LogP contribution < -0.4 is 20.7 Å². The van der Waals surface area contributed by atoms with Crippen molar-refractivity contribution in [1.82, 2.24) is 25.8 Å². The van der Waals surface area contributed by atoms with E-state index in [2.05, 4.69) is 16.0 Å². The summed E-state index contributed by atoms with van der Waals surface area (Å²) in [4.78, 5) is 29.9. The molecule has 10 heteroatoms. The number of fused-ring (bicyclic) bond motifs is 1. The number of halogens is 1. The van der Waals surface area contributed by atoms with Crippen LogP contribution in [0.5, 0.6) is 5.75 Å². The highest BCUT2D eigenvalue weighted by atomic mass is 19.1. The van der Waals surface area contributed by atoms with Gasteiger partial charge in [-0.25, -0.2) is 9.18 Å². The van der Waals surface area contributed by atoms with Crippen LogP contribution in [0.25, 0.3) is 0 Å². The molecule has 1 saturated carbocycles. The van der Waals surface area contributed by atoms with E-state index in [-0.39, 0.29) is 47.8 Å². The monoisotopic (exact) mass is 533 g/mol. The van der Waals surface area contributed by atoms with Crippen LogP contribution in [0, 0.1) is 11.7 Å². The summed E-state index contributed by atoms with van der Waals surface area (Å²) >= 11 is 0. The second kappa shape index (κ2) is 12.6. The lowest BCUT2D eigenvalue weighted by Crippen LogP contribution is -2.60. The van der Waals surface area contributed by atoms with Gasteiger partial charge in [-0.2, -0.15) is 0 Å². The van der Waals surface area contributed by atoms with Crippen LogP contribution >= 0.6 is 0 Å². The van der Waals surface area contributed by atoms with Gasteiger partial charge < -0.3 is 30.7 Å². The maximum Gasteiger partial charge on any atom is 0.318 e. The van der Waals surface area contributed by atoms with Crippen molar-refractivity contribution in [3.8, 4) is 5.75 Å². The Kier molecular flexibility index (Phi) is 9.49. The zero-order valence-corrected chi connectivity index (χ0v) is 23.0. The van der Waals surface area contributed by atoms with Gasteiger partial charge in [0.05, 0.1) is 30.7 Å². The summed E-state index contributed by atoms with van der Waals surface area (Å²) in [5.74, 6) is 0.201. The highest BCUT2D eigenvalue weighted by molar-refractivity contribution is 5.81. The highest BCUT2D eigenvalue weighted by Gasteiger charge is 2.54. The molecular weight excluding hydrogens is 489 g/mol. The molecule has 1 aromatic carbocycles. The van der Waals surface area contributed by atoms with Crippen LogP contribution in [0.3, 0.4) is 0 Å². The molecule has 0 radical (unpaired) electrons. The van der Waals surface area contributed by atoms with Crippen LogP contribution in [-0.4, -0.2) is 89.5 Å². The van der Waals surface area contributed by atoms with Gasteiger partial charge in [0, 0.05) is 12.6 Å². The maximum atomic E-state index is 13.5. The van der Waals surface area contributed by atoms with E-state index in [0.29, 0.717) is 25.3 Å². The number of aliphatic hydroxyl groups excluding tert-OH is 1. The number of carbonyl (C=O) groups is 2. The van der Waals surface area contributed by atoms with Gasteiger partial charge in [-0.1, -0.05) is 19.3 Å². The fourth-order valence-corrected chi connectivity index (χ4v) is 6.28. The van der Waals surface area contributed by atoms with Crippen molar-refractivity contribution in [2.75, 3.05) is 20.1 Å². The molecule has 0 spiro atoms. The van der Waals surface area contributed by atoms with E-state index in [9.17, 15) is 19.1 Å². The lowest BCUT2D eigenvalue weighted by Gasteiger charge is -2.41. The summed E-state index contributed by atoms with van der Waals surface area (Å²) in [7, 11) is 1.74. The van der Waals surface area contributed by atoms with Crippen LogP contribution in [0.4, 0.5) is 9.18 Å². The molecular formula is C28H44FN5O4. The Morgan fingerprint density at radius 2 is 1.74 bits per heavy atom. The first-order valence-electron chi connectivity index (χ1n) is 14.1. The van der Waals surface area contributed by atoms with E-state index in [4.69, 9.17) is 4.74 Å². The first-order valence-corrected chi connectivity index (χ1v) is 14.1. The molecule has 3 aliphatic rings. The molecule has 0 aromatic heterocycles. The van der Waals surface area contributed by atoms with Gasteiger partial charge in [0.15, 0.2) is 0 Å². The number of hydrogen-bond acceptors (Lipinski definition) is 6. The molecule has 1 aromatic rings. The highest BCUT2D eigenvalue weighted by Crippen LogP contribution is 2.37. The minimum absolute atomic E-state index is 0.0128. The number of nitrogens with one attached hydrogen (secondary N) is 3. The summed E-state index contributed by atoms with van der Waals surface area (Å²) in [6.07, 6.45) is 4.59. The van der Waals surface area contributed by atoms with E-state index >= 15 is 0 Å². The third-order valence-corrected chi connectivity index (χ3v) is 8.35. The van der Waals surface area contributed by atoms with Crippen molar-refractivity contribution >= 4 is 11.9 Å². The fraction of sp³-hybridized carbons (Fsp3) is 0.714. The van der Waals surface area contributed by atoms with E-state index in [1.54, 1.807) is 26.1 Å². The number of likely N-dealkylation sites (N-methyl/N-ethyl adjacent to an activating group) is 1. The van der Waals surface area contributed by atoms with Gasteiger partial charge in [0.25, 0.3) is 0 Å². The molecule has 6 unspecified atom stereocenters. The molecule has 0 bridgehead atoms. The molecule has 2 heterocycles. The Hall–Kier alpha value is -2.43. The SMILES string of the molecule is CNC(C)C(=O)NC(C1CCCCC1)C(O)N1CCC2C1C(Oc1ccc(F)cc1)CN2C(=O)NC(C)C. The molecule has 1 aliphatic carbocycles. The lowest BCUT2D eigenvalue weighted by atomic mass is 9.82. The Balaban J connectivity index is 1.60. The molecule has 212 valence electrons. The maximum absolute atomic E-state index is 13.5. The van der Waals surface area contributed by atoms with Crippen LogP contribution in [-0.2, 0) is 4.79 Å². The number of carbonyl (C=O) groups excluding carboxylic acids is 2. The van der Waals surface area contributed by atoms with Gasteiger partial charge >= 0.3 is 6.03 Å². The number of nitrogens with zero attached hydrogens (tertiary/aromatic N) is 2. The van der Waals surface area contributed by atoms with Gasteiger partial charge in [-0.05, 0) is 77.3 Å². The Morgan fingerprint density at radius 1 is 1.05 bits per heavy atom. The first kappa shape index (κ1) is 28.6. The van der Waals surface area contributed by atoms with Crippen molar-refractivity contribution in [1.29, 1.82) is 0 Å². The molecule has 4 N–H and O–H groups in total. The number of aliphatic hydroxyl groups is 1. The largest absolute Gasteiger partial charge is 0.487 e. The summed E-state index contributed by atoms with van der Waals surface area (Å²) in [5, 5.41) is 21.0. The van der Waals surface area contributed by atoms with Crippen molar-refractivity contribution in [3.05, 3.63) is 30.1 Å². The van der Waals surface area contributed by atoms with E-state index in [0.717, 1.165) is 25.7 Å². The average Bonchev–Trinajstić information content (AvgIpc) is 3.49. The lowest BCUT2D eigenvalue weighted by molar-refractivity contribution is -0.128. The van der Waals surface area contributed by atoms with Crippen LogP contribution in [0.1, 0.15) is 59.3 Å². The van der Waals surface area contributed by atoms with Crippen molar-refractivity contribution in [2.45, 2.75) is 102 Å². The number of urea groups is 1. The molecule has 3 fully saturated rings. The van der Waals surface area contributed by atoms with Gasteiger partial charge in [0.2, 0.25) is 5.91 Å². The molecule has 9 nitrogen and oxygen atoms in total. The van der Waals surface area contributed by atoms with Gasteiger partial charge in [-0.15, -0.1) is 0 Å². The molecule has 2 aliphatic heterocycles. The number of amides is 3. The van der Waals surface area contributed by atoms with Crippen molar-refractivity contribution < 1.29 is 23.8 Å². The zero-order valence-electron chi connectivity index (χ0n) is 23.0. The second-order valence-electron chi connectivity index (χ2n) is 11.3. The fourth-order valence-electron chi connectivity index (χ4n) is 6.28. The number of ether oxygens (including phenoxy) is 1. The average molecular weight is 534 g/mol. The summed E-state index contributed by atoms with van der Waals surface area (Å²) in [6.45, 7) is 6.58. The van der Waals surface area contributed by atoms with Crippen LogP contribution in [0.15, 0.2) is 24.3 Å². The minimum atomic E-state index is -0.923. The second-order valence-corrected chi connectivity index (χ2v) is 11.3. The third kappa shape index (κ3) is 6.40. The Bertz CT molecular complexity index is 942. The number of hydrogen-bond donors (Lipinski definition) is 4. The van der Waals surface area contributed by atoms with E-state index in [1.807, 2.05) is 23.6 Å². The van der Waals surface area contributed by atoms with Gasteiger partial charge in [0.1, 0.15) is 23.9 Å². The smallest absolute Gasteiger partial charge is 0.318 e. The van der Waals surface area contributed by atoms with Crippen LogP contribution in [0.2, 0.25) is 0 Å². The summed E-state index contributed by atoms with van der Waals surface area (Å²) < 4.78 is 19.9. The summed E-state index contributed by atoms with van der Waals surface area (Å²) in [6, 6.07) is 4.48. The molecule has 38 heavy (non-hydrogen) atoms. The quantitative estimate of drug-likeness (QED) is 0.389. The van der Waals surface area contributed by atoms with Crippen molar-refractivity contribution in [3.63, 3.8) is 0 Å². The predicted octanol–water partition coefficient (Wildman–Crippen LogP) is 2.44. The molecule has 4 rings (SSSR count). The predicted molar refractivity (Wildman–Crippen MR) is 143 cm³/mol. The molecule has 2 saturated heterocycles. The van der Waals surface area contributed by atoms with Crippen molar-refractivity contribution in [2.24, 2.45) is 5.92 Å². The first-order chi connectivity index (χ1) is 18.2. The van der Waals surface area contributed by atoms with Gasteiger partial charge in [-0.3, -0.25) is 9.69 Å². The molecule has 3 amide bonds. The summed E-state index contributed by atoms with van der Waals surface area (Å²) in [5.41, 5.74) is 0. The standard InChI is InChI=1S/C28H44FN5O4/c1-17(2)31-28(37)34-16-23(38-21-12-10-20(29)11-13-21)25-22(34)14-15-33(25)27(36)24(19-8-6-5-7-9-19)32-26(35)18(3)30-4/h10-13,17-19,22-25,27,30,36H,5-9,14-16H2,1-4H3,(H,31,37)(H,32,35).